The number of halogens is 1. The number of carboxylic acids is 1. The molecule has 0 aromatic rings. The third kappa shape index (κ3) is 0.891. The van der Waals surface area contributed by atoms with Gasteiger partial charge in [0.25, 0.3) is 0 Å². The first-order valence-electron chi connectivity index (χ1n) is 4.01. The van der Waals surface area contributed by atoms with Crippen LogP contribution in [0.4, 0.5) is 0 Å². The number of carbonyl (C=O) groups is 2. The molecule has 2 aliphatic carbocycles. The van der Waals surface area contributed by atoms with Crippen LogP contribution in [-0.4, -0.2) is 22.2 Å². The van der Waals surface area contributed by atoms with Gasteiger partial charge in [0.05, 0.1) is 5.92 Å². The van der Waals surface area contributed by atoms with Crippen molar-refractivity contribution in [2.75, 3.05) is 0 Å². The minimum Gasteiger partial charge on any atom is -0.481 e. The zero-order valence-corrected chi connectivity index (χ0v) is 7.12. The molecule has 0 spiro atoms. The van der Waals surface area contributed by atoms with Gasteiger partial charge in [0.1, 0.15) is 5.78 Å². The van der Waals surface area contributed by atoms with Crippen LogP contribution < -0.4 is 0 Å². The van der Waals surface area contributed by atoms with Gasteiger partial charge in [-0.1, -0.05) is 0 Å². The molecule has 2 aliphatic rings. The number of carbonyl (C=O) groups excluding carboxylic acids is 1. The first-order chi connectivity index (χ1) is 5.61. The largest absolute Gasteiger partial charge is 0.481 e. The van der Waals surface area contributed by atoms with E-state index in [0.29, 0.717) is 12.8 Å². The zero-order valence-electron chi connectivity index (χ0n) is 6.37. The van der Waals surface area contributed by atoms with E-state index < -0.39 is 11.9 Å². The maximum atomic E-state index is 11.2. The molecule has 2 saturated carbocycles. The van der Waals surface area contributed by atoms with E-state index in [0.717, 1.165) is 0 Å². The third-order valence-electron chi connectivity index (χ3n) is 2.97. The monoisotopic (exact) mass is 188 g/mol. The van der Waals surface area contributed by atoms with Crippen molar-refractivity contribution >= 4 is 23.4 Å². The van der Waals surface area contributed by atoms with Gasteiger partial charge in [-0.05, 0) is 12.3 Å². The average Bonchev–Trinajstić information content (AvgIpc) is 2.41. The summed E-state index contributed by atoms with van der Waals surface area (Å²) in [6, 6.07) is 0. The molecule has 0 aromatic carbocycles. The molecule has 0 saturated heterocycles. The summed E-state index contributed by atoms with van der Waals surface area (Å²) in [5, 5.41) is 8.72. The van der Waals surface area contributed by atoms with Crippen LogP contribution in [0.1, 0.15) is 12.8 Å². The van der Waals surface area contributed by atoms with Crippen molar-refractivity contribution < 1.29 is 14.7 Å². The second-order valence-electron chi connectivity index (χ2n) is 3.56. The molecule has 3 nitrogen and oxygen atoms in total. The topological polar surface area (TPSA) is 54.4 Å². The summed E-state index contributed by atoms with van der Waals surface area (Å²) >= 11 is 5.90. The first-order valence-corrected chi connectivity index (χ1v) is 4.44. The molecule has 4 atom stereocenters. The molecule has 1 N–H and O–H groups in total. The summed E-state index contributed by atoms with van der Waals surface area (Å²) in [5.74, 6) is -1.68. The summed E-state index contributed by atoms with van der Waals surface area (Å²) < 4.78 is 0. The van der Waals surface area contributed by atoms with E-state index in [4.69, 9.17) is 16.7 Å². The Hall–Kier alpha value is -0.570. The second-order valence-corrected chi connectivity index (χ2v) is 4.12. The minimum absolute atomic E-state index is 0.0873. The smallest absolute Gasteiger partial charge is 0.307 e. The number of hydrogen-bond donors (Lipinski definition) is 1. The predicted molar refractivity (Wildman–Crippen MR) is 42.0 cm³/mol. The highest BCUT2D eigenvalue weighted by Crippen LogP contribution is 2.49. The standard InChI is InChI=1S/C8H9ClO3/c9-5-1-4-6(10)2-3(5)7(4)8(11)12/h3-5,7H,1-2H2,(H,11,12)/t3-,4-,5+,7+/m0/s1. The normalized spacial score (nSPS) is 45.2. The van der Waals surface area contributed by atoms with Crippen LogP contribution in [0.3, 0.4) is 0 Å². The zero-order chi connectivity index (χ0) is 8.88. The van der Waals surface area contributed by atoms with Gasteiger partial charge in [-0.25, -0.2) is 0 Å². The SMILES string of the molecule is O=C(O)[C@@H]1[C@H]2CC(=O)[C@@H]1C[C@H]2Cl. The van der Waals surface area contributed by atoms with Crippen LogP contribution in [0.2, 0.25) is 0 Å². The summed E-state index contributed by atoms with van der Waals surface area (Å²) in [6.45, 7) is 0. The van der Waals surface area contributed by atoms with Crippen molar-refractivity contribution in [1.82, 2.24) is 0 Å². The van der Waals surface area contributed by atoms with Gasteiger partial charge in [-0.15, -0.1) is 11.6 Å². The van der Waals surface area contributed by atoms with Crippen molar-refractivity contribution in [1.29, 1.82) is 0 Å². The highest BCUT2D eigenvalue weighted by molar-refractivity contribution is 6.22. The molecule has 66 valence electrons. The number of alkyl halides is 1. The third-order valence-corrected chi connectivity index (χ3v) is 3.48. The summed E-state index contributed by atoms with van der Waals surface area (Å²) in [6.07, 6.45) is 0.928. The van der Waals surface area contributed by atoms with Gasteiger partial charge in [-0.3, -0.25) is 9.59 Å². The lowest BCUT2D eigenvalue weighted by Crippen LogP contribution is -2.20. The fourth-order valence-corrected chi connectivity index (χ4v) is 2.85. The lowest BCUT2D eigenvalue weighted by molar-refractivity contribution is -0.144. The van der Waals surface area contributed by atoms with Gasteiger partial charge in [0.2, 0.25) is 0 Å². The van der Waals surface area contributed by atoms with Crippen molar-refractivity contribution in [2.24, 2.45) is 17.8 Å². The maximum absolute atomic E-state index is 11.2. The molecule has 4 heteroatoms. The van der Waals surface area contributed by atoms with Crippen LogP contribution in [0, 0.1) is 17.8 Å². The molecule has 2 rings (SSSR count). The van der Waals surface area contributed by atoms with Crippen LogP contribution in [-0.2, 0) is 9.59 Å². The van der Waals surface area contributed by atoms with Gasteiger partial charge in [0.15, 0.2) is 0 Å². The Morgan fingerprint density at radius 2 is 2.25 bits per heavy atom. The number of aliphatic carboxylic acids is 1. The number of hydrogen-bond acceptors (Lipinski definition) is 2. The molecule has 0 unspecified atom stereocenters. The Kier molecular flexibility index (Phi) is 1.65. The van der Waals surface area contributed by atoms with Crippen molar-refractivity contribution in [3.05, 3.63) is 0 Å². The Bertz CT molecular complexity index is 251. The van der Waals surface area contributed by atoms with Crippen molar-refractivity contribution in [2.45, 2.75) is 18.2 Å². The van der Waals surface area contributed by atoms with E-state index in [9.17, 15) is 9.59 Å². The molecule has 2 fully saturated rings. The van der Waals surface area contributed by atoms with Gasteiger partial charge < -0.3 is 5.11 Å². The molecule has 0 radical (unpaired) electrons. The molecular weight excluding hydrogens is 180 g/mol. The lowest BCUT2D eigenvalue weighted by atomic mass is 9.98. The van der Waals surface area contributed by atoms with Gasteiger partial charge in [-0.2, -0.15) is 0 Å². The van der Waals surface area contributed by atoms with Crippen LogP contribution in [0.25, 0.3) is 0 Å². The molecular formula is C8H9ClO3. The molecule has 2 bridgehead atoms. The van der Waals surface area contributed by atoms with Crippen molar-refractivity contribution in [3.63, 3.8) is 0 Å². The number of rotatable bonds is 1. The quantitative estimate of drug-likeness (QED) is 0.623. The Morgan fingerprint density at radius 1 is 1.58 bits per heavy atom. The van der Waals surface area contributed by atoms with Crippen LogP contribution >= 0.6 is 11.6 Å². The molecule has 0 amide bonds. The second kappa shape index (κ2) is 2.46. The Labute approximate surface area is 74.7 Å². The fourth-order valence-electron chi connectivity index (χ4n) is 2.41. The van der Waals surface area contributed by atoms with E-state index in [1.165, 1.54) is 0 Å². The van der Waals surface area contributed by atoms with E-state index in [-0.39, 0.29) is 23.0 Å². The fraction of sp³-hybridized carbons (Fsp3) is 0.750. The predicted octanol–water partition coefficient (Wildman–Crippen LogP) is 0.904. The highest BCUT2D eigenvalue weighted by atomic mass is 35.5. The highest BCUT2D eigenvalue weighted by Gasteiger charge is 2.55. The summed E-state index contributed by atoms with van der Waals surface area (Å²) in [4.78, 5) is 21.9. The molecule has 0 heterocycles. The molecule has 12 heavy (non-hydrogen) atoms. The summed E-state index contributed by atoms with van der Waals surface area (Å²) in [7, 11) is 0. The van der Waals surface area contributed by atoms with E-state index in [1.807, 2.05) is 0 Å². The lowest BCUT2D eigenvalue weighted by Gasteiger charge is -2.12. The van der Waals surface area contributed by atoms with Gasteiger partial charge >= 0.3 is 5.97 Å². The molecule has 0 aromatic heterocycles. The van der Waals surface area contributed by atoms with Gasteiger partial charge in [0, 0.05) is 17.7 Å². The van der Waals surface area contributed by atoms with E-state index in [2.05, 4.69) is 0 Å². The molecule has 0 aliphatic heterocycles. The van der Waals surface area contributed by atoms with E-state index in [1.54, 1.807) is 0 Å². The number of ketones is 1. The van der Waals surface area contributed by atoms with E-state index >= 15 is 0 Å². The number of carboxylic acid groups (broad SMARTS) is 1. The number of Topliss-reactive ketones (excluding diaryl/α,β-unsaturated/α-hetero) is 1. The Balaban J connectivity index is 2.28. The summed E-state index contributed by atoms with van der Waals surface area (Å²) in [5.41, 5.74) is 0. The average molecular weight is 189 g/mol. The van der Waals surface area contributed by atoms with Crippen molar-refractivity contribution in [3.8, 4) is 0 Å². The Morgan fingerprint density at radius 3 is 2.58 bits per heavy atom. The van der Waals surface area contributed by atoms with Crippen LogP contribution in [0.15, 0.2) is 0 Å². The first kappa shape index (κ1) is 8.05. The van der Waals surface area contributed by atoms with Crippen LogP contribution in [0.5, 0.6) is 0 Å². The minimum atomic E-state index is -0.862. The maximum Gasteiger partial charge on any atom is 0.307 e. The number of fused-ring (bicyclic) bond motifs is 2.